The second-order valence-electron chi connectivity index (χ2n) is 9.50. The molecular weight excluding hydrogens is 434 g/mol. The number of hydrogen-bond donors (Lipinski definition) is 3. The zero-order valence-electron chi connectivity index (χ0n) is 20.0. The molecule has 180 valence electrons. The minimum Gasteiger partial charge on any atom is -0.508 e. The third kappa shape index (κ3) is 5.77. The SMILES string of the molecule is Oc1ccc(-c2ccc3cc(O)ccc3c2Cc2ccc(OCCCC3CCCCN3)cc2)cc1. The molecular formula is C31H33NO3. The Morgan fingerprint density at radius 3 is 2.40 bits per heavy atom. The second-order valence-corrected chi connectivity index (χ2v) is 9.50. The van der Waals surface area contributed by atoms with Gasteiger partial charge in [0.15, 0.2) is 0 Å². The molecule has 1 fully saturated rings. The smallest absolute Gasteiger partial charge is 0.119 e. The van der Waals surface area contributed by atoms with E-state index in [9.17, 15) is 10.2 Å². The van der Waals surface area contributed by atoms with Gasteiger partial charge in [0.1, 0.15) is 17.2 Å². The van der Waals surface area contributed by atoms with E-state index in [0.29, 0.717) is 6.04 Å². The highest BCUT2D eigenvalue weighted by molar-refractivity contribution is 5.93. The molecule has 0 aliphatic carbocycles. The first kappa shape index (κ1) is 23.3. The van der Waals surface area contributed by atoms with E-state index in [1.54, 1.807) is 24.3 Å². The molecule has 0 amide bonds. The molecule has 4 heteroatoms. The van der Waals surface area contributed by atoms with Gasteiger partial charge in [0.2, 0.25) is 0 Å². The lowest BCUT2D eigenvalue weighted by Gasteiger charge is -2.23. The summed E-state index contributed by atoms with van der Waals surface area (Å²) in [5.41, 5.74) is 4.58. The van der Waals surface area contributed by atoms with Gasteiger partial charge in [0.25, 0.3) is 0 Å². The van der Waals surface area contributed by atoms with Crippen molar-refractivity contribution in [2.45, 2.75) is 44.6 Å². The average molecular weight is 468 g/mol. The number of piperidine rings is 1. The van der Waals surface area contributed by atoms with Crippen molar-refractivity contribution in [2.24, 2.45) is 0 Å². The Morgan fingerprint density at radius 2 is 1.63 bits per heavy atom. The van der Waals surface area contributed by atoms with E-state index < -0.39 is 0 Å². The van der Waals surface area contributed by atoms with Crippen molar-refractivity contribution in [1.82, 2.24) is 5.32 Å². The van der Waals surface area contributed by atoms with Gasteiger partial charge in [-0.15, -0.1) is 0 Å². The van der Waals surface area contributed by atoms with Gasteiger partial charge in [-0.2, -0.15) is 0 Å². The molecule has 0 radical (unpaired) electrons. The van der Waals surface area contributed by atoms with Crippen LogP contribution in [-0.4, -0.2) is 29.4 Å². The van der Waals surface area contributed by atoms with Crippen molar-refractivity contribution >= 4 is 10.8 Å². The summed E-state index contributed by atoms with van der Waals surface area (Å²) in [5, 5.41) is 25.4. The number of rotatable bonds is 8. The summed E-state index contributed by atoms with van der Waals surface area (Å²) in [6.07, 6.45) is 6.93. The first-order valence-corrected chi connectivity index (χ1v) is 12.6. The number of hydrogen-bond acceptors (Lipinski definition) is 4. The summed E-state index contributed by atoms with van der Waals surface area (Å²) in [7, 11) is 0. The molecule has 4 nitrogen and oxygen atoms in total. The van der Waals surface area contributed by atoms with Crippen molar-refractivity contribution in [2.75, 3.05) is 13.2 Å². The fourth-order valence-electron chi connectivity index (χ4n) is 5.08. The van der Waals surface area contributed by atoms with Crippen LogP contribution in [0.1, 0.15) is 43.2 Å². The topological polar surface area (TPSA) is 61.7 Å². The maximum Gasteiger partial charge on any atom is 0.119 e. The van der Waals surface area contributed by atoms with Crippen LogP contribution < -0.4 is 10.1 Å². The minimum atomic E-state index is 0.256. The molecule has 3 N–H and O–H groups in total. The number of benzene rings is 4. The molecule has 4 aromatic carbocycles. The van der Waals surface area contributed by atoms with Gasteiger partial charge in [-0.1, -0.05) is 48.9 Å². The molecule has 1 aliphatic heterocycles. The number of phenols is 2. The predicted octanol–water partition coefficient (Wildman–Crippen LogP) is 6.81. The summed E-state index contributed by atoms with van der Waals surface area (Å²) >= 11 is 0. The Kier molecular flexibility index (Phi) is 7.20. The molecule has 1 saturated heterocycles. The molecule has 0 bridgehead atoms. The minimum absolute atomic E-state index is 0.256. The van der Waals surface area contributed by atoms with Gasteiger partial charge >= 0.3 is 0 Å². The normalized spacial score (nSPS) is 15.8. The van der Waals surface area contributed by atoms with Crippen molar-refractivity contribution in [3.8, 4) is 28.4 Å². The highest BCUT2D eigenvalue weighted by Crippen LogP contribution is 2.34. The summed E-state index contributed by atoms with van der Waals surface area (Å²) in [6, 6.07) is 26.1. The summed E-state index contributed by atoms with van der Waals surface area (Å²) in [6.45, 7) is 1.90. The van der Waals surface area contributed by atoms with Crippen LogP contribution in [0.2, 0.25) is 0 Å². The molecule has 5 rings (SSSR count). The first-order chi connectivity index (χ1) is 17.2. The van der Waals surface area contributed by atoms with E-state index >= 15 is 0 Å². The number of aromatic hydroxyl groups is 2. The van der Waals surface area contributed by atoms with Crippen molar-refractivity contribution < 1.29 is 14.9 Å². The highest BCUT2D eigenvalue weighted by atomic mass is 16.5. The van der Waals surface area contributed by atoms with Crippen LogP contribution in [0, 0.1) is 0 Å². The largest absolute Gasteiger partial charge is 0.508 e. The number of nitrogens with one attached hydrogen (secondary N) is 1. The van der Waals surface area contributed by atoms with Crippen molar-refractivity contribution in [1.29, 1.82) is 0 Å². The van der Waals surface area contributed by atoms with Crippen LogP contribution in [0.5, 0.6) is 17.2 Å². The Morgan fingerprint density at radius 1 is 0.829 bits per heavy atom. The summed E-state index contributed by atoms with van der Waals surface area (Å²) in [4.78, 5) is 0. The lowest BCUT2D eigenvalue weighted by molar-refractivity contribution is 0.285. The Bertz CT molecular complexity index is 1260. The number of fused-ring (bicyclic) bond motifs is 1. The molecule has 1 unspecified atom stereocenters. The molecule has 4 aromatic rings. The molecule has 0 spiro atoms. The second kappa shape index (κ2) is 10.8. The average Bonchev–Trinajstić information content (AvgIpc) is 2.89. The van der Waals surface area contributed by atoms with Crippen molar-refractivity contribution in [3.05, 3.63) is 90.0 Å². The van der Waals surface area contributed by atoms with Crippen molar-refractivity contribution in [3.63, 3.8) is 0 Å². The fraction of sp³-hybridized carbons (Fsp3) is 0.290. The van der Waals surface area contributed by atoms with Gasteiger partial charge in [-0.05, 0) is 108 Å². The molecule has 35 heavy (non-hydrogen) atoms. The summed E-state index contributed by atoms with van der Waals surface area (Å²) in [5.74, 6) is 1.43. The van der Waals surface area contributed by atoms with E-state index in [1.165, 1.54) is 36.8 Å². The first-order valence-electron chi connectivity index (χ1n) is 12.6. The lowest BCUT2D eigenvalue weighted by atomic mass is 9.90. The van der Waals surface area contributed by atoms with Crippen LogP contribution in [0.15, 0.2) is 78.9 Å². The standard InChI is InChI=1S/C31H33NO3/c33-26-11-8-23(9-12-26)29-16-10-24-21-27(34)13-17-30(24)31(29)20-22-6-14-28(15-7-22)35-19-3-5-25-4-1-2-18-32-25/h6-17,21,25,32-34H,1-5,18-20H2. The molecule has 1 atom stereocenters. The Labute approximate surface area is 207 Å². The quantitative estimate of drug-likeness (QED) is 0.249. The van der Waals surface area contributed by atoms with Crippen LogP contribution in [0.3, 0.4) is 0 Å². The number of ether oxygens (including phenoxy) is 1. The van der Waals surface area contributed by atoms with Crippen LogP contribution in [-0.2, 0) is 6.42 Å². The monoisotopic (exact) mass is 467 g/mol. The molecule has 0 aromatic heterocycles. The van der Waals surface area contributed by atoms with E-state index in [-0.39, 0.29) is 11.5 Å². The zero-order chi connectivity index (χ0) is 24.0. The molecule has 1 aliphatic rings. The molecule has 0 saturated carbocycles. The maximum atomic E-state index is 9.98. The van der Waals surface area contributed by atoms with E-state index in [1.807, 2.05) is 24.3 Å². The maximum absolute atomic E-state index is 9.98. The lowest BCUT2D eigenvalue weighted by Crippen LogP contribution is -2.34. The van der Waals surface area contributed by atoms with E-state index in [4.69, 9.17) is 4.74 Å². The highest BCUT2D eigenvalue weighted by Gasteiger charge is 2.13. The molecule has 1 heterocycles. The van der Waals surface area contributed by atoms with Gasteiger partial charge < -0.3 is 20.3 Å². The zero-order valence-corrected chi connectivity index (χ0v) is 20.0. The Hall–Kier alpha value is -3.50. The Balaban J connectivity index is 1.31. The van der Waals surface area contributed by atoms with E-state index in [0.717, 1.165) is 53.6 Å². The predicted molar refractivity (Wildman–Crippen MR) is 142 cm³/mol. The van der Waals surface area contributed by atoms with Gasteiger partial charge in [0.05, 0.1) is 6.61 Å². The van der Waals surface area contributed by atoms with Crippen LogP contribution in [0.25, 0.3) is 21.9 Å². The summed E-state index contributed by atoms with van der Waals surface area (Å²) < 4.78 is 6.01. The van der Waals surface area contributed by atoms with Gasteiger partial charge in [-0.3, -0.25) is 0 Å². The van der Waals surface area contributed by atoms with Gasteiger partial charge in [0, 0.05) is 6.04 Å². The van der Waals surface area contributed by atoms with Gasteiger partial charge in [-0.25, -0.2) is 0 Å². The van der Waals surface area contributed by atoms with E-state index in [2.05, 4.69) is 35.6 Å². The van der Waals surface area contributed by atoms with Crippen LogP contribution in [0.4, 0.5) is 0 Å². The van der Waals surface area contributed by atoms with Crippen LogP contribution >= 0.6 is 0 Å². The fourth-order valence-corrected chi connectivity index (χ4v) is 5.08. The third-order valence-electron chi connectivity index (χ3n) is 6.98. The third-order valence-corrected chi connectivity index (χ3v) is 6.98. The number of phenolic OH excluding ortho intramolecular Hbond substituents is 2.